The van der Waals surface area contributed by atoms with E-state index in [2.05, 4.69) is 50.5 Å². The normalized spacial score (nSPS) is 12.9. The standard InChI is InChI=1S/C15H21NS2/c1-5-7-16-13(14-10(2)6-8-17-14)15-11(3)9-12(4)18-15/h6,8-9,13,16H,5,7H2,1-4H3. The maximum atomic E-state index is 3.70. The maximum Gasteiger partial charge on any atom is 0.0770 e. The molecule has 2 aromatic heterocycles. The van der Waals surface area contributed by atoms with Crippen LogP contribution in [-0.2, 0) is 0 Å². The first-order chi connectivity index (χ1) is 8.63. The van der Waals surface area contributed by atoms with Crippen LogP contribution >= 0.6 is 22.7 Å². The molecule has 0 saturated carbocycles. The fourth-order valence-corrected chi connectivity index (χ4v) is 4.43. The Kier molecular flexibility index (Phi) is 4.60. The fraction of sp³-hybridized carbons (Fsp3) is 0.467. The van der Waals surface area contributed by atoms with Crippen molar-refractivity contribution in [3.63, 3.8) is 0 Å². The molecular formula is C15H21NS2. The summed E-state index contributed by atoms with van der Waals surface area (Å²) < 4.78 is 0. The lowest BCUT2D eigenvalue weighted by molar-refractivity contribution is 0.609. The van der Waals surface area contributed by atoms with Gasteiger partial charge in [-0.2, -0.15) is 0 Å². The van der Waals surface area contributed by atoms with Gasteiger partial charge in [-0.15, -0.1) is 22.7 Å². The molecule has 2 rings (SSSR count). The second-order valence-corrected chi connectivity index (χ2v) is 6.99. The van der Waals surface area contributed by atoms with Crippen molar-refractivity contribution in [3.8, 4) is 0 Å². The van der Waals surface area contributed by atoms with Gasteiger partial charge in [0.25, 0.3) is 0 Å². The van der Waals surface area contributed by atoms with Crippen molar-refractivity contribution in [2.45, 2.75) is 40.2 Å². The van der Waals surface area contributed by atoms with Crippen LogP contribution in [0.4, 0.5) is 0 Å². The molecule has 1 unspecified atom stereocenters. The Morgan fingerprint density at radius 1 is 1.17 bits per heavy atom. The van der Waals surface area contributed by atoms with Gasteiger partial charge in [-0.1, -0.05) is 6.92 Å². The molecule has 0 aliphatic rings. The number of aryl methyl sites for hydroxylation is 3. The summed E-state index contributed by atoms with van der Waals surface area (Å²) in [5.41, 5.74) is 2.82. The topological polar surface area (TPSA) is 12.0 Å². The third-order valence-electron chi connectivity index (χ3n) is 3.10. The van der Waals surface area contributed by atoms with Gasteiger partial charge < -0.3 is 5.32 Å². The van der Waals surface area contributed by atoms with E-state index in [4.69, 9.17) is 0 Å². The van der Waals surface area contributed by atoms with Gasteiger partial charge in [0, 0.05) is 14.6 Å². The summed E-state index contributed by atoms with van der Waals surface area (Å²) in [7, 11) is 0. The van der Waals surface area contributed by atoms with Crippen molar-refractivity contribution >= 4 is 22.7 Å². The van der Waals surface area contributed by atoms with E-state index in [1.54, 1.807) is 0 Å². The zero-order chi connectivity index (χ0) is 13.1. The number of thiophene rings is 2. The highest BCUT2D eigenvalue weighted by atomic mass is 32.1. The molecule has 1 nitrogen and oxygen atoms in total. The van der Waals surface area contributed by atoms with E-state index in [1.807, 2.05) is 22.7 Å². The van der Waals surface area contributed by atoms with Gasteiger partial charge in [-0.3, -0.25) is 0 Å². The van der Waals surface area contributed by atoms with Crippen LogP contribution in [0.2, 0.25) is 0 Å². The minimum absolute atomic E-state index is 0.378. The quantitative estimate of drug-likeness (QED) is 0.827. The van der Waals surface area contributed by atoms with E-state index in [0.29, 0.717) is 6.04 Å². The Morgan fingerprint density at radius 3 is 2.44 bits per heavy atom. The number of nitrogens with one attached hydrogen (secondary N) is 1. The van der Waals surface area contributed by atoms with Crippen molar-refractivity contribution in [3.05, 3.63) is 43.3 Å². The van der Waals surface area contributed by atoms with Gasteiger partial charge in [0.15, 0.2) is 0 Å². The van der Waals surface area contributed by atoms with E-state index in [0.717, 1.165) is 6.54 Å². The number of hydrogen-bond acceptors (Lipinski definition) is 3. The lowest BCUT2D eigenvalue weighted by Crippen LogP contribution is -2.22. The predicted molar refractivity (Wildman–Crippen MR) is 83.0 cm³/mol. The van der Waals surface area contributed by atoms with Gasteiger partial charge >= 0.3 is 0 Å². The molecule has 0 spiro atoms. The van der Waals surface area contributed by atoms with Crippen LogP contribution in [-0.4, -0.2) is 6.54 Å². The lowest BCUT2D eigenvalue weighted by Gasteiger charge is -2.18. The summed E-state index contributed by atoms with van der Waals surface area (Å²) in [4.78, 5) is 4.35. The lowest BCUT2D eigenvalue weighted by atomic mass is 10.1. The highest BCUT2D eigenvalue weighted by Gasteiger charge is 2.20. The molecule has 0 aliphatic heterocycles. The summed E-state index contributed by atoms with van der Waals surface area (Å²) >= 11 is 3.79. The Morgan fingerprint density at radius 2 is 1.94 bits per heavy atom. The van der Waals surface area contributed by atoms with E-state index in [-0.39, 0.29) is 0 Å². The molecule has 0 aliphatic carbocycles. The molecule has 0 bridgehead atoms. The van der Waals surface area contributed by atoms with Crippen molar-refractivity contribution < 1.29 is 0 Å². The van der Waals surface area contributed by atoms with Crippen LogP contribution in [0, 0.1) is 20.8 Å². The first-order valence-corrected chi connectivity index (χ1v) is 8.17. The van der Waals surface area contributed by atoms with E-state index in [1.165, 1.54) is 32.2 Å². The monoisotopic (exact) mass is 279 g/mol. The van der Waals surface area contributed by atoms with Crippen LogP contribution in [0.5, 0.6) is 0 Å². The molecule has 1 atom stereocenters. The third-order valence-corrected chi connectivity index (χ3v) is 5.41. The zero-order valence-corrected chi connectivity index (χ0v) is 13.2. The van der Waals surface area contributed by atoms with Crippen LogP contribution < -0.4 is 5.32 Å². The average Bonchev–Trinajstić information content (AvgIpc) is 2.87. The van der Waals surface area contributed by atoms with Gasteiger partial charge in [0.05, 0.1) is 6.04 Å². The summed E-state index contributed by atoms with van der Waals surface area (Å²) in [6.45, 7) is 9.92. The van der Waals surface area contributed by atoms with Crippen molar-refractivity contribution in [1.29, 1.82) is 0 Å². The van der Waals surface area contributed by atoms with Crippen molar-refractivity contribution in [2.75, 3.05) is 6.54 Å². The maximum absolute atomic E-state index is 3.70. The van der Waals surface area contributed by atoms with Crippen LogP contribution in [0.3, 0.4) is 0 Å². The third kappa shape index (κ3) is 2.85. The van der Waals surface area contributed by atoms with Gasteiger partial charge in [-0.05, 0) is 62.4 Å². The minimum atomic E-state index is 0.378. The number of rotatable bonds is 5. The van der Waals surface area contributed by atoms with E-state index in [9.17, 15) is 0 Å². The Bertz CT molecular complexity index is 510. The highest BCUT2D eigenvalue weighted by Crippen LogP contribution is 2.35. The average molecular weight is 279 g/mol. The molecule has 2 heterocycles. The minimum Gasteiger partial charge on any atom is -0.305 e. The van der Waals surface area contributed by atoms with Crippen LogP contribution in [0.1, 0.15) is 45.1 Å². The molecule has 2 aromatic rings. The Hall–Kier alpha value is -0.640. The summed E-state index contributed by atoms with van der Waals surface area (Å²) in [6.07, 6.45) is 1.17. The smallest absolute Gasteiger partial charge is 0.0770 e. The molecule has 98 valence electrons. The van der Waals surface area contributed by atoms with Gasteiger partial charge in [0.2, 0.25) is 0 Å². The first kappa shape index (κ1) is 13.8. The molecule has 0 saturated heterocycles. The van der Waals surface area contributed by atoms with E-state index < -0.39 is 0 Å². The molecule has 0 amide bonds. The van der Waals surface area contributed by atoms with Gasteiger partial charge in [0.1, 0.15) is 0 Å². The first-order valence-electron chi connectivity index (χ1n) is 6.47. The van der Waals surface area contributed by atoms with E-state index >= 15 is 0 Å². The molecule has 0 aromatic carbocycles. The molecule has 0 fully saturated rings. The Labute approximate surface area is 118 Å². The predicted octanol–water partition coefficient (Wildman–Crippen LogP) is 4.82. The SMILES string of the molecule is CCCNC(c1sccc1C)c1sc(C)cc1C. The summed E-state index contributed by atoms with van der Waals surface area (Å²) in [5.74, 6) is 0. The van der Waals surface area contributed by atoms with Gasteiger partial charge in [-0.25, -0.2) is 0 Å². The summed E-state index contributed by atoms with van der Waals surface area (Å²) in [6, 6.07) is 4.89. The summed E-state index contributed by atoms with van der Waals surface area (Å²) in [5, 5.41) is 5.90. The largest absolute Gasteiger partial charge is 0.305 e. The van der Waals surface area contributed by atoms with Crippen LogP contribution in [0.25, 0.3) is 0 Å². The fourth-order valence-electron chi connectivity index (χ4n) is 2.22. The van der Waals surface area contributed by atoms with Crippen molar-refractivity contribution in [2.24, 2.45) is 0 Å². The molecule has 0 radical (unpaired) electrons. The molecule has 3 heteroatoms. The molecule has 18 heavy (non-hydrogen) atoms. The Balaban J connectivity index is 2.37. The number of hydrogen-bond donors (Lipinski definition) is 1. The molecule has 1 N–H and O–H groups in total. The molecular weight excluding hydrogens is 258 g/mol. The zero-order valence-electron chi connectivity index (χ0n) is 11.5. The van der Waals surface area contributed by atoms with Crippen LogP contribution in [0.15, 0.2) is 17.5 Å². The highest BCUT2D eigenvalue weighted by molar-refractivity contribution is 7.13. The second kappa shape index (κ2) is 6.00. The van der Waals surface area contributed by atoms with Crippen molar-refractivity contribution in [1.82, 2.24) is 5.32 Å². The second-order valence-electron chi connectivity index (χ2n) is 4.76.